The molecule has 1 rings (SSSR count). The normalized spacial score (nSPS) is 14.7. The Morgan fingerprint density at radius 1 is 1.41 bits per heavy atom. The fourth-order valence-corrected chi connectivity index (χ4v) is 2.46. The maximum Gasteiger partial charge on any atom is 0.189 e. The maximum atomic E-state index is 11.6. The van der Waals surface area contributed by atoms with Crippen LogP contribution in [0, 0.1) is 0 Å². The van der Waals surface area contributed by atoms with E-state index in [1.165, 1.54) is 6.26 Å². The minimum Gasteiger partial charge on any atom is -0.370 e. The van der Waals surface area contributed by atoms with Crippen LogP contribution in [0.1, 0.15) is 32.4 Å². The van der Waals surface area contributed by atoms with Crippen molar-refractivity contribution in [1.82, 2.24) is 5.32 Å². The van der Waals surface area contributed by atoms with Crippen molar-refractivity contribution >= 4 is 39.0 Å². The molecular weight excluding hydrogens is 345 g/mol. The van der Waals surface area contributed by atoms with Gasteiger partial charge in [-0.15, -0.1) is 0 Å². The van der Waals surface area contributed by atoms with E-state index in [-0.39, 0.29) is 18.5 Å². The summed E-state index contributed by atoms with van der Waals surface area (Å²) in [5.41, 5.74) is 6.64. The van der Waals surface area contributed by atoms with E-state index >= 15 is 0 Å². The van der Waals surface area contributed by atoms with E-state index in [4.69, 9.17) is 28.9 Å². The predicted octanol–water partition coefficient (Wildman–Crippen LogP) is 2.78. The highest BCUT2D eigenvalue weighted by atomic mass is 35.5. The molecule has 0 aliphatic rings. The van der Waals surface area contributed by atoms with E-state index < -0.39 is 14.6 Å². The highest BCUT2D eigenvalue weighted by Crippen LogP contribution is 2.26. The molecule has 1 aromatic carbocycles. The predicted molar refractivity (Wildman–Crippen MR) is 93.4 cm³/mol. The Hall–Kier alpha value is -0.980. The van der Waals surface area contributed by atoms with Crippen molar-refractivity contribution in [3.63, 3.8) is 0 Å². The summed E-state index contributed by atoms with van der Waals surface area (Å²) in [6.07, 6.45) is 1.18. The SMILES string of the molecule is CC(NC(N)=NCC(C)(C)S(C)(=O)=O)c1ccc(Cl)cc1Cl. The lowest BCUT2D eigenvalue weighted by Gasteiger charge is -2.21. The number of guanidine groups is 1. The Labute approximate surface area is 141 Å². The molecule has 0 aliphatic heterocycles. The van der Waals surface area contributed by atoms with E-state index in [0.29, 0.717) is 10.0 Å². The van der Waals surface area contributed by atoms with Crippen LogP contribution in [0.2, 0.25) is 10.0 Å². The molecule has 0 saturated heterocycles. The highest BCUT2D eigenvalue weighted by molar-refractivity contribution is 7.92. The molecule has 0 radical (unpaired) electrons. The van der Waals surface area contributed by atoms with E-state index in [1.54, 1.807) is 32.0 Å². The number of hydrogen-bond donors (Lipinski definition) is 2. The van der Waals surface area contributed by atoms with Crippen LogP contribution < -0.4 is 11.1 Å². The number of nitrogens with zero attached hydrogens (tertiary/aromatic N) is 1. The molecule has 0 amide bonds. The topological polar surface area (TPSA) is 84.5 Å². The number of halogens is 2. The molecule has 0 spiro atoms. The summed E-state index contributed by atoms with van der Waals surface area (Å²) in [5, 5.41) is 4.06. The van der Waals surface area contributed by atoms with Crippen molar-refractivity contribution in [3.05, 3.63) is 33.8 Å². The van der Waals surface area contributed by atoms with Gasteiger partial charge in [-0.1, -0.05) is 29.3 Å². The zero-order valence-corrected chi connectivity index (χ0v) is 15.4. The minimum absolute atomic E-state index is 0.0751. The molecule has 0 fully saturated rings. The second-order valence-corrected chi connectivity index (χ2v) is 9.26. The van der Waals surface area contributed by atoms with Crippen LogP contribution in [0.5, 0.6) is 0 Å². The van der Waals surface area contributed by atoms with Crippen LogP contribution in [0.25, 0.3) is 0 Å². The molecular formula is C14H21Cl2N3O2S. The molecule has 22 heavy (non-hydrogen) atoms. The summed E-state index contributed by atoms with van der Waals surface area (Å²) in [6, 6.07) is 5.00. The van der Waals surface area contributed by atoms with Crippen LogP contribution in [0.3, 0.4) is 0 Å². The molecule has 3 N–H and O–H groups in total. The van der Waals surface area contributed by atoms with Crippen LogP contribution in [0.4, 0.5) is 0 Å². The van der Waals surface area contributed by atoms with Crippen molar-refractivity contribution in [3.8, 4) is 0 Å². The molecule has 1 aromatic rings. The fourth-order valence-electron chi connectivity index (χ4n) is 1.59. The smallest absolute Gasteiger partial charge is 0.189 e. The van der Waals surface area contributed by atoms with Crippen molar-refractivity contribution in [2.75, 3.05) is 12.8 Å². The zero-order chi connectivity index (χ0) is 17.1. The van der Waals surface area contributed by atoms with Gasteiger partial charge in [0.05, 0.1) is 17.3 Å². The van der Waals surface area contributed by atoms with E-state index in [2.05, 4.69) is 10.3 Å². The van der Waals surface area contributed by atoms with Gasteiger partial charge >= 0.3 is 0 Å². The lowest BCUT2D eigenvalue weighted by molar-refractivity contribution is 0.554. The first-order valence-electron chi connectivity index (χ1n) is 6.65. The average Bonchev–Trinajstić information content (AvgIpc) is 2.34. The van der Waals surface area contributed by atoms with Crippen molar-refractivity contribution < 1.29 is 8.42 Å². The number of benzene rings is 1. The molecule has 124 valence electrons. The summed E-state index contributed by atoms with van der Waals surface area (Å²) >= 11 is 12.0. The molecule has 0 bridgehead atoms. The number of nitrogens with one attached hydrogen (secondary N) is 1. The van der Waals surface area contributed by atoms with Crippen LogP contribution in [-0.4, -0.2) is 31.9 Å². The summed E-state index contributed by atoms with van der Waals surface area (Å²) < 4.78 is 22.3. The van der Waals surface area contributed by atoms with Crippen LogP contribution in [0.15, 0.2) is 23.2 Å². The molecule has 1 unspecified atom stereocenters. The average molecular weight is 366 g/mol. The van der Waals surface area contributed by atoms with Gasteiger partial charge in [-0.2, -0.15) is 0 Å². The first-order valence-corrected chi connectivity index (χ1v) is 9.30. The third kappa shape index (κ3) is 5.04. The first-order chi connectivity index (χ1) is 9.94. The van der Waals surface area contributed by atoms with Crippen LogP contribution in [-0.2, 0) is 9.84 Å². The van der Waals surface area contributed by atoms with Crippen molar-refractivity contribution in [2.24, 2.45) is 10.7 Å². The lowest BCUT2D eigenvalue weighted by atomic mass is 10.1. The van der Waals surface area contributed by atoms with Gasteiger partial charge in [0.2, 0.25) is 0 Å². The largest absolute Gasteiger partial charge is 0.370 e. The maximum absolute atomic E-state index is 11.6. The standard InChI is InChI=1S/C14H21Cl2N3O2S/c1-9(11-6-5-10(15)7-12(11)16)19-13(17)18-8-14(2,3)22(4,20)21/h5-7,9H,8H2,1-4H3,(H3,17,18,19). The molecule has 1 atom stereocenters. The summed E-state index contributed by atoms with van der Waals surface area (Å²) in [7, 11) is -3.22. The first kappa shape index (κ1) is 19.1. The Balaban J connectivity index is 2.79. The highest BCUT2D eigenvalue weighted by Gasteiger charge is 2.29. The van der Waals surface area contributed by atoms with E-state index in [0.717, 1.165) is 5.56 Å². The Bertz CT molecular complexity index is 673. The molecule has 0 aliphatic carbocycles. The van der Waals surface area contributed by atoms with Gasteiger partial charge < -0.3 is 11.1 Å². The van der Waals surface area contributed by atoms with Crippen LogP contribution >= 0.6 is 23.2 Å². The molecule has 0 aromatic heterocycles. The van der Waals surface area contributed by atoms with Gasteiger partial charge in [-0.3, -0.25) is 4.99 Å². The third-order valence-electron chi connectivity index (χ3n) is 3.43. The number of nitrogens with two attached hydrogens (primary N) is 1. The number of sulfone groups is 1. The number of hydrogen-bond acceptors (Lipinski definition) is 3. The van der Waals surface area contributed by atoms with Gasteiger partial charge in [0, 0.05) is 16.3 Å². The van der Waals surface area contributed by atoms with E-state index in [1.807, 2.05) is 6.92 Å². The van der Waals surface area contributed by atoms with Gasteiger partial charge in [0.1, 0.15) is 0 Å². The molecule has 5 nitrogen and oxygen atoms in total. The Morgan fingerprint density at radius 2 is 2.00 bits per heavy atom. The summed E-state index contributed by atoms with van der Waals surface area (Å²) in [5.74, 6) is 0.162. The fraction of sp³-hybridized carbons (Fsp3) is 0.500. The monoisotopic (exact) mass is 365 g/mol. The zero-order valence-electron chi connectivity index (χ0n) is 13.0. The van der Waals surface area contributed by atoms with E-state index in [9.17, 15) is 8.42 Å². The van der Waals surface area contributed by atoms with Gasteiger partial charge in [0.15, 0.2) is 15.8 Å². The second-order valence-electron chi connectivity index (χ2n) is 5.77. The Kier molecular flexibility index (Phi) is 6.12. The minimum atomic E-state index is -3.22. The number of aliphatic imine (C=N–C) groups is 1. The van der Waals surface area contributed by atoms with Crippen molar-refractivity contribution in [1.29, 1.82) is 0 Å². The van der Waals surface area contributed by atoms with Crippen molar-refractivity contribution in [2.45, 2.75) is 31.6 Å². The molecule has 0 heterocycles. The van der Waals surface area contributed by atoms with Gasteiger partial charge in [-0.25, -0.2) is 8.42 Å². The number of rotatable bonds is 5. The summed E-state index contributed by atoms with van der Waals surface area (Å²) in [6.45, 7) is 5.17. The summed E-state index contributed by atoms with van der Waals surface area (Å²) in [4.78, 5) is 4.11. The quantitative estimate of drug-likeness (QED) is 0.620. The third-order valence-corrected chi connectivity index (χ3v) is 6.13. The lowest BCUT2D eigenvalue weighted by Crippen LogP contribution is -2.38. The van der Waals surface area contributed by atoms with Gasteiger partial charge in [0.25, 0.3) is 0 Å². The van der Waals surface area contributed by atoms with Gasteiger partial charge in [-0.05, 0) is 38.5 Å². The second kappa shape index (κ2) is 7.06. The molecule has 0 saturated carbocycles. The molecule has 8 heteroatoms. The Morgan fingerprint density at radius 3 is 2.50 bits per heavy atom.